The number of aromatic nitrogens is 4. The summed E-state index contributed by atoms with van der Waals surface area (Å²) in [6.45, 7) is 6.60. The number of carbonyl (C=O) groups is 1. The van der Waals surface area contributed by atoms with Crippen molar-refractivity contribution in [3.05, 3.63) is 57.1 Å². The highest BCUT2D eigenvalue weighted by molar-refractivity contribution is 7.11. The van der Waals surface area contributed by atoms with Crippen LogP contribution in [0.1, 0.15) is 39.2 Å². The summed E-state index contributed by atoms with van der Waals surface area (Å²) in [6.07, 6.45) is 2.41. The summed E-state index contributed by atoms with van der Waals surface area (Å²) in [5, 5.41) is 13.8. The van der Waals surface area contributed by atoms with Gasteiger partial charge in [0.25, 0.3) is 0 Å². The lowest BCUT2D eigenvalue weighted by molar-refractivity contribution is 0.252. The zero-order valence-electron chi connectivity index (χ0n) is 15.8. The fraction of sp³-hybridized carbons (Fsp3) is 0.368. The highest BCUT2D eigenvalue weighted by atomic mass is 32.1. The molecular formula is C19H24N6OS. The van der Waals surface area contributed by atoms with Crippen molar-refractivity contribution < 1.29 is 4.79 Å². The quantitative estimate of drug-likeness (QED) is 0.543. The molecule has 0 aliphatic rings. The molecule has 0 saturated carbocycles. The first-order chi connectivity index (χ1) is 13.0. The molecule has 3 aromatic rings. The minimum atomic E-state index is -0.196. The molecule has 0 unspecified atom stereocenters. The Morgan fingerprint density at radius 2 is 1.93 bits per heavy atom. The molecule has 142 valence electrons. The third-order valence-electron chi connectivity index (χ3n) is 4.14. The Hall–Kier alpha value is -2.74. The van der Waals surface area contributed by atoms with Crippen LogP contribution in [0, 0.1) is 20.8 Å². The topological polar surface area (TPSA) is 95.6 Å². The smallest absolute Gasteiger partial charge is 0.319 e. The number of carbonyl (C=O) groups excluding carboxylic acids is 1. The molecule has 2 heterocycles. The van der Waals surface area contributed by atoms with Crippen LogP contribution >= 0.6 is 11.3 Å². The zero-order valence-corrected chi connectivity index (χ0v) is 16.6. The Bertz CT molecular complexity index is 880. The molecule has 2 aromatic heterocycles. The number of nitrogens with one attached hydrogen (secondary N) is 3. The fourth-order valence-electron chi connectivity index (χ4n) is 2.62. The first kappa shape index (κ1) is 19.0. The summed E-state index contributed by atoms with van der Waals surface area (Å²) in [7, 11) is 0. The first-order valence-electron chi connectivity index (χ1n) is 8.94. The maximum absolute atomic E-state index is 12.0. The molecule has 0 spiro atoms. The number of aromatic amines is 1. The van der Waals surface area contributed by atoms with Crippen molar-refractivity contribution in [2.45, 2.75) is 40.0 Å². The van der Waals surface area contributed by atoms with E-state index < -0.39 is 0 Å². The van der Waals surface area contributed by atoms with Gasteiger partial charge in [0.2, 0.25) is 0 Å². The van der Waals surface area contributed by atoms with Gasteiger partial charge in [0, 0.05) is 30.0 Å². The van der Waals surface area contributed by atoms with Crippen molar-refractivity contribution in [2.24, 2.45) is 0 Å². The Balaban J connectivity index is 1.39. The van der Waals surface area contributed by atoms with Crippen LogP contribution in [0.3, 0.4) is 0 Å². The number of nitrogens with zero attached hydrogens (tertiary/aromatic N) is 3. The van der Waals surface area contributed by atoms with E-state index >= 15 is 0 Å². The van der Waals surface area contributed by atoms with Crippen LogP contribution in [0.5, 0.6) is 0 Å². The second kappa shape index (κ2) is 8.77. The molecular weight excluding hydrogens is 360 g/mol. The highest BCUT2D eigenvalue weighted by Crippen LogP contribution is 2.17. The van der Waals surface area contributed by atoms with Crippen LogP contribution < -0.4 is 10.6 Å². The molecule has 0 aliphatic heterocycles. The van der Waals surface area contributed by atoms with Crippen LogP contribution in [0.25, 0.3) is 0 Å². The predicted molar refractivity (Wildman–Crippen MR) is 107 cm³/mol. The normalized spacial score (nSPS) is 10.8. The molecule has 27 heavy (non-hydrogen) atoms. The number of H-pyrrole nitrogens is 1. The maximum Gasteiger partial charge on any atom is 0.319 e. The van der Waals surface area contributed by atoms with E-state index in [2.05, 4.69) is 37.7 Å². The summed E-state index contributed by atoms with van der Waals surface area (Å²) in [5.41, 5.74) is 2.95. The number of anilines is 1. The number of amides is 2. The molecule has 3 rings (SSSR count). The van der Waals surface area contributed by atoms with Gasteiger partial charge in [0.15, 0.2) is 5.82 Å². The van der Waals surface area contributed by atoms with E-state index in [-0.39, 0.29) is 6.03 Å². The Morgan fingerprint density at radius 1 is 1.15 bits per heavy atom. The second-order valence-corrected chi connectivity index (χ2v) is 7.73. The molecule has 2 amide bonds. The maximum atomic E-state index is 12.0. The number of thiazole rings is 1. The molecule has 7 nitrogen and oxygen atoms in total. The third-order valence-corrected chi connectivity index (χ3v) is 5.28. The van der Waals surface area contributed by atoms with E-state index in [1.807, 2.05) is 38.1 Å². The number of rotatable bonds is 7. The lowest BCUT2D eigenvalue weighted by Gasteiger charge is -2.08. The fourth-order valence-corrected chi connectivity index (χ4v) is 3.60. The lowest BCUT2D eigenvalue weighted by atomic mass is 10.1. The average Bonchev–Trinajstić information content (AvgIpc) is 3.18. The predicted octanol–water partition coefficient (Wildman–Crippen LogP) is 3.53. The van der Waals surface area contributed by atoms with Crippen molar-refractivity contribution in [3.63, 3.8) is 0 Å². The van der Waals surface area contributed by atoms with Crippen LogP contribution in [0.15, 0.2) is 24.3 Å². The van der Waals surface area contributed by atoms with Gasteiger partial charge in [-0.25, -0.2) is 14.8 Å². The van der Waals surface area contributed by atoms with E-state index in [4.69, 9.17) is 0 Å². The summed E-state index contributed by atoms with van der Waals surface area (Å²) in [4.78, 5) is 22.1. The van der Waals surface area contributed by atoms with Gasteiger partial charge in [-0.1, -0.05) is 12.1 Å². The van der Waals surface area contributed by atoms with Gasteiger partial charge >= 0.3 is 6.03 Å². The molecule has 3 N–H and O–H groups in total. The van der Waals surface area contributed by atoms with Gasteiger partial charge in [0.1, 0.15) is 5.82 Å². The molecule has 8 heteroatoms. The van der Waals surface area contributed by atoms with E-state index in [0.29, 0.717) is 13.0 Å². The van der Waals surface area contributed by atoms with Crippen molar-refractivity contribution in [2.75, 3.05) is 11.9 Å². The molecule has 0 fully saturated rings. The number of benzene rings is 1. The van der Waals surface area contributed by atoms with Crippen molar-refractivity contribution in [3.8, 4) is 0 Å². The Kier molecular flexibility index (Phi) is 6.18. The average molecular weight is 385 g/mol. The highest BCUT2D eigenvalue weighted by Gasteiger charge is 2.06. The molecule has 0 bridgehead atoms. The molecule has 0 atom stereocenters. The van der Waals surface area contributed by atoms with Gasteiger partial charge in [0.05, 0.1) is 10.7 Å². The summed E-state index contributed by atoms with van der Waals surface area (Å²) in [6, 6.07) is 7.51. The molecule has 1 aromatic carbocycles. The van der Waals surface area contributed by atoms with Crippen molar-refractivity contribution >= 4 is 23.1 Å². The second-order valence-electron chi connectivity index (χ2n) is 6.44. The van der Waals surface area contributed by atoms with Crippen LogP contribution in [-0.2, 0) is 12.8 Å². The minimum absolute atomic E-state index is 0.196. The van der Waals surface area contributed by atoms with Gasteiger partial charge in [-0.05, 0) is 44.9 Å². The van der Waals surface area contributed by atoms with Gasteiger partial charge in [-0.3, -0.25) is 5.10 Å². The Labute approximate surface area is 162 Å². The molecule has 0 aliphatic carbocycles. The van der Waals surface area contributed by atoms with Crippen LogP contribution in [0.2, 0.25) is 0 Å². The summed E-state index contributed by atoms with van der Waals surface area (Å²) < 4.78 is 0. The number of hydrogen-bond acceptors (Lipinski definition) is 5. The van der Waals surface area contributed by atoms with Gasteiger partial charge in [-0.15, -0.1) is 11.3 Å². The van der Waals surface area contributed by atoms with Crippen molar-refractivity contribution in [1.29, 1.82) is 0 Å². The van der Waals surface area contributed by atoms with Crippen molar-refractivity contribution in [1.82, 2.24) is 25.5 Å². The van der Waals surface area contributed by atoms with Gasteiger partial charge in [-0.2, -0.15) is 5.10 Å². The zero-order chi connectivity index (χ0) is 19.2. The van der Waals surface area contributed by atoms with Crippen LogP contribution in [-0.4, -0.2) is 32.7 Å². The Morgan fingerprint density at radius 3 is 2.56 bits per heavy atom. The lowest BCUT2D eigenvalue weighted by Crippen LogP contribution is -2.29. The monoisotopic (exact) mass is 384 g/mol. The largest absolute Gasteiger partial charge is 0.338 e. The van der Waals surface area contributed by atoms with E-state index in [1.165, 1.54) is 4.88 Å². The van der Waals surface area contributed by atoms with E-state index in [1.54, 1.807) is 11.3 Å². The SMILES string of the molecule is Cc1nc(Cc2ccc(NC(=O)NCCCc3nc(C)c(C)s3)cc2)n[nH]1. The summed E-state index contributed by atoms with van der Waals surface area (Å²) >= 11 is 1.73. The van der Waals surface area contributed by atoms with E-state index in [0.717, 1.165) is 46.4 Å². The standard InChI is InChI=1S/C19H24N6OS/c1-12-13(2)27-18(21-12)5-4-10-20-19(26)23-16-8-6-15(7-9-16)11-17-22-14(3)24-25-17/h6-9H,4-5,10-11H2,1-3H3,(H2,20,23,26)(H,22,24,25). The molecule has 0 saturated heterocycles. The number of aryl methyl sites for hydroxylation is 4. The van der Waals surface area contributed by atoms with E-state index in [9.17, 15) is 4.79 Å². The number of urea groups is 1. The first-order valence-corrected chi connectivity index (χ1v) is 9.76. The molecule has 0 radical (unpaired) electrons. The van der Waals surface area contributed by atoms with Gasteiger partial charge < -0.3 is 10.6 Å². The summed E-state index contributed by atoms with van der Waals surface area (Å²) in [5.74, 6) is 1.57. The van der Waals surface area contributed by atoms with Crippen LogP contribution in [0.4, 0.5) is 10.5 Å². The third kappa shape index (κ3) is 5.62. The number of hydrogen-bond donors (Lipinski definition) is 3. The minimum Gasteiger partial charge on any atom is -0.338 e.